The summed E-state index contributed by atoms with van der Waals surface area (Å²) in [5.74, 6) is 0. The Morgan fingerprint density at radius 3 is 2.42 bits per heavy atom. The van der Waals surface area contributed by atoms with Crippen molar-refractivity contribution in [2.45, 2.75) is 11.8 Å². The van der Waals surface area contributed by atoms with Gasteiger partial charge in [-0.15, -0.1) is 0 Å². The summed E-state index contributed by atoms with van der Waals surface area (Å²) in [4.78, 5) is 0.235. The SMILES string of the molecule is Cc1cccc(C(Br)c2cccc3ccccc23)c1. The predicted molar refractivity (Wildman–Crippen MR) is 85.9 cm³/mol. The van der Waals surface area contributed by atoms with E-state index in [-0.39, 0.29) is 4.83 Å². The van der Waals surface area contributed by atoms with E-state index in [1.54, 1.807) is 0 Å². The smallest absolute Gasteiger partial charge is 0.0650 e. The number of benzene rings is 3. The molecular weight excluding hydrogens is 296 g/mol. The number of halogens is 1. The average Bonchev–Trinajstić information content (AvgIpc) is 2.46. The summed E-state index contributed by atoms with van der Waals surface area (Å²) in [5, 5.41) is 2.60. The summed E-state index contributed by atoms with van der Waals surface area (Å²) in [7, 11) is 0. The van der Waals surface area contributed by atoms with Gasteiger partial charge in [0.15, 0.2) is 0 Å². The van der Waals surface area contributed by atoms with Gasteiger partial charge < -0.3 is 0 Å². The first-order valence-electron chi connectivity index (χ1n) is 6.44. The fourth-order valence-electron chi connectivity index (χ4n) is 2.48. The molecule has 0 nitrogen and oxygen atoms in total. The van der Waals surface area contributed by atoms with Crippen LogP contribution >= 0.6 is 15.9 Å². The van der Waals surface area contributed by atoms with Crippen LogP contribution in [0, 0.1) is 6.92 Å². The lowest BCUT2D eigenvalue weighted by molar-refractivity contribution is 1.19. The summed E-state index contributed by atoms with van der Waals surface area (Å²) in [6.07, 6.45) is 0. The van der Waals surface area contributed by atoms with E-state index in [2.05, 4.69) is 89.6 Å². The van der Waals surface area contributed by atoms with Crippen LogP contribution in [0.4, 0.5) is 0 Å². The van der Waals surface area contributed by atoms with Crippen molar-refractivity contribution < 1.29 is 0 Å². The molecule has 0 aliphatic carbocycles. The fraction of sp³-hybridized carbons (Fsp3) is 0.111. The molecule has 3 aromatic carbocycles. The molecule has 3 aromatic rings. The van der Waals surface area contributed by atoms with Crippen LogP contribution in [-0.2, 0) is 0 Å². The highest BCUT2D eigenvalue weighted by Crippen LogP contribution is 2.35. The summed E-state index contributed by atoms with van der Waals surface area (Å²) in [6.45, 7) is 2.13. The van der Waals surface area contributed by atoms with E-state index in [4.69, 9.17) is 0 Å². The zero-order chi connectivity index (χ0) is 13.2. The lowest BCUT2D eigenvalue weighted by Gasteiger charge is -2.14. The van der Waals surface area contributed by atoms with Gasteiger partial charge in [0.25, 0.3) is 0 Å². The molecule has 0 saturated carbocycles. The van der Waals surface area contributed by atoms with Gasteiger partial charge in [0.05, 0.1) is 4.83 Å². The standard InChI is InChI=1S/C18H15Br/c1-13-6-4-9-15(12-13)18(19)17-11-5-8-14-7-2-3-10-16(14)17/h2-12,18H,1H3. The average molecular weight is 311 g/mol. The quantitative estimate of drug-likeness (QED) is 0.538. The second-order valence-corrected chi connectivity index (χ2v) is 5.76. The van der Waals surface area contributed by atoms with Crippen LogP contribution in [0.5, 0.6) is 0 Å². The molecule has 0 N–H and O–H groups in total. The molecule has 0 amide bonds. The molecule has 1 atom stereocenters. The maximum absolute atomic E-state index is 3.85. The van der Waals surface area contributed by atoms with E-state index >= 15 is 0 Å². The third-order valence-electron chi connectivity index (χ3n) is 3.43. The minimum Gasteiger partial charge on any atom is -0.0786 e. The number of rotatable bonds is 2. The minimum absolute atomic E-state index is 0.235. The topological polar surface area (TPSA) is 0 Å². The van der Waals surface area contributed by atoms with Crippen molar-refractivity contribution in [3.05, 3.63) is 83.4 Å². The van der Waals surface area contributed by atoms with Crippen LogP contribution in [0.1, 0.15) is 21.5 Å². The maximum Gasteiger partial charge on any atom is 0.0650 e. The molecule has 0 bridgehead atoms. The zero-order valence-corrected chi connectivity index (χ0v) is 12.4. The van der Waals surface area contributed by atoms with Gasteiger partial charge in [0.1, 0.15) is 0 Å². The maximum atomic E-state index is 3.85. The van der Waals surface area contributed by atoms with E-state index in [9.17, 15) is 0 Å². The second-order valence-electron chi connectivity index (χ2n) is 4.85. The Morgan fingerprint density at radius 1 is 0.842 bits per heavy atom. The number of hydrogen-bond acceptors (Lipinski definition) is 0. The van der Waals surface area contributed by atoms with Gasteiger partial charge >= 0.3 is 0 Å². The Balaban J connectivity index is 2.14. The highest BCUT2D eigenvalue weighted by Gasteiger charge is 2.12. The Bertz CT molecular complexity index is 710. The molecule has 19 heavy (non-hydrogen) atoms. The molecule has 0 heterocycles. The van der Waals surface area contributed by atoms with Crippen LogP contribution in [0.25, 0.3) is 10.8 Å². The van der Waals surface area contributed by atoms with E-state index in [0.29, 0.717) is 0 Å². The monoisotopic (exact) mass is 310 g/mol. The minimum atomic E-state index is 0.235. The van der Waals surface area contributed by atoms with Crippen molar-refractivity contribution >= 4 is 26.7 Å². The lowest BCUT2D eigenvalue weighted by atomic mass is 9.97. The molecule has 1 heteroatoms. The number of aryl methyl sites for hydroxylation is 1. The van der Waals surface area contributed by atoms with Crippen LogP contribution in [0.2, 0.25) is 0 Å². The second kappa shape index (κ2) is 5.18. The molecule has 3 rings (SSSR count). The Kier molecular flexibility index (Phi) is 3.39. The number of hydrogen-bond donors (Lipinski definition) is 0. The first kappa shape index (κ1) is 12.4. The summed E-state index contributed by atoms with van der Waals surface area (Å²) >= 11 is 3.85. The molecule has 0 radical (unpaired) electrons. The van der Waals surface area contributed by atoms with E-state index in [1.807, 2.05) is 0 Å². The summed E-state index contributed by atoms with van der Waals surface area (Å²) < 4.78 is 0. The van der Waals surface area contributed by atoms with Gasteiger partial charge in [-0.3, -0.25) is 0 Å². The molecule has 0 fully saturated rings. The third-order valence-corrected chi connectivity index (χ3v) is 4.45. The van der Waals surface area contributed by atoms with Crippen molar-refractivity contribution in [2.75, 3.05) is 0 Å². The van der Waals surface area contributed by atoms with E-state index in [0.717, 1.165) is 0 Å². The van der Waals surface area contributed by atoms with Crippen molar-refractivity contribution in [1.82, 2.24) is 0 Å². The molecule has 0 spiro atoms. The molecule has 0 aliphatic rings. The van der Waals surface area contributed by atoms with Crippen LogP contribution in [-0.4, -0.2) is 0 Å². The Morgan fingerprint density at radius 2 is 1.58 bits per heavy atom. The van der Waals surface area contributed by atoms with Crippen LogP contribution in [0.15, 0.2) is 66.7 Å². The molecule has 94 valence electrons. The van der Waals surface area contributed by atoms with Gasteiger partial charge in [-0.05, 0) is 28.8 Å². The fourth-order valence-corrected chi connectivity index (χ4v) is 3.16. The molecule has 1 unspecified atom stereocenters. The third kappa shape index (κ3) is 2.43. The van der Waals surface area contributed by atoms with Gasteiger partial charge in [-0.25, -0.2) is 0 Å². The first-order valence-corrected chi connectivity index (χ1v) is 7.35. The summed E-state index contributed by atoms with van der Waals surface area (Å²) in [5.41, 5.74) is 3.92. The highest BCUT2D eigenvalue weighted by molar-refractivity contribution is 9.09. The van der Waals surface area contributed by atoms with Crippen LogP contribution in [0.3, 0.4) is 0 Å². The highest BCUT2D eigenvalue weighted by atomic mass is 79.9. The van der Waals surface area contributed by atoms with Gasteiger partial charge in [0, 0.05) is 0 Å². The largest absolute Gasteiger partial charge is 0.0786 e. The molecular formula is C18H15Br. The van der Waals surface area contributed by atoms with Crippen molar-refractivity contribution in [3.8, 4) is 0 Å². The number of alkyl halides is 1. The van der Waals surface area contributed by atoms with E-state index < -0.39 is 0 Å². The first-order chi connectivity index (χ1) is 9.25. The van der Waals surface area contributed by atoms with Gasteiger partial charge in [0.2, 0.25) is 0 Å². The van der Waals surface area contributed by atoms with Crippen molar-refractivity contribution in [1.29, 1.82) is 0 Å². The van der Waals surface area contributed by atoms with Crippen molar-refractivity contribution in [2.24, 2.45) is 0 Å². The Hall–Kier alpha value is -1.60. The molecule has 0 saturated heterocycles. The molecule has 0 aliphatic heterocycles. The number of fused-ring (bicyclic) bond motifs is 1. The zero-order valence-electron chi connectivity index (χ0n) is 10.8. The van der Waals surface area contributed by atoms with Gasteiger partial charge in [-0.1, -0.05) is 88.2 Å². The lowest BCUT2D eigenvalue weighted by Crippen LogP contribution is -1.94. The van der Waals surface area contributed by atoms with Crippen molar-refractivity contribution in [3.63, 3.8) is 0 Å². The molecule has 0 aromatic heterocycles. The predicted octanol–water partition coefficient (Wildman–Crippen LogP) is 5.63. The van der Waals surface area contributed by atoms with Crippen LogP contribution < -0.4 is 0 Å². The Labute approximate surface area is 122 Å². The summed E-state index contributed by atoms with van der Waals surface area (Å²) in [6, 6.07) is 23.7. The van der Waals surface area contributed by atoms with Gasteiger partial charge in [-0.2, -0.15) is 0 Å². The normalized spacial score (nSPS) is 12.5. The van der Waals surface area contributed by atoms with E-state index in [1.165, 1.54) is 27.5 Å².